The molecule has 19 heavy (non-hydrogen) atoms. The predicted molar refractivity (Wildman–Crippen MR) is 83.1 cm³/mol. The summed E-state index contributed by atoms with van der Waals surface area (Å²) in [5.74, 6) is 0.479. The van der Waals surface area contributed by atoms with E-state index in [2.05, 4.69) is 42.2 Å². The first-order valence-electron chi connectivity index (χ1n) is 5.79. The second-order valence-electron chi connectivity index (χ2n) is 5.10. The maximum atomic E-state index is 12.1. The Bertz CT molecular complexity index is 467. The smallest absolute Gasteiger partial charge is 0.221 e. The largest absolute Gasteiger partial charge is 0.410 e. The number of benzene rings is 1. The molecule has 0 saturated carbocycles. The van der Waals surface area contributed by atoms with Gasteiger partial charge in [-0.15, -0.1) is 0 Å². The fourth-order valence-corrected chi connectivity index (χ4v) is 2.68. The van der Waals surface area contributed by atoms with E-state index < -0.39 is 0 Å². The van der Waals surface area contributed by atoms with Crippen molar-refractivity contribution in [3.05, 3.63) is 34.3 Å². The SMILES string of the molecule is C[N+](C)(C)CCS/C(=N\O)C(=O)c1ccc(Br)cc1. The van der Waals surface area contributed by atoms with Crippen molar-refractivity contribution in [2.24, 2.45) is 5.16 Å². The molecule has 1 N–H and O–H groups in total. The third-order valence-electron chi connectivity index (χ3n) is 2.39. The minimum Gasteiger partial charge on any atom is -0.410 e. The first kappa shape index (κ1) is 16.2. The number of carbonyl (C=O) groups is 1. The van der Waals surface area contributed by atoms with E-state index in [-0.39, 0.29) is 10.8 Å². The van der Waals surface area contributed by atoms with Gasteiger partial charge in [-0.25, -0.2) is 0 Å². The number of ketones is 1. The van der Waals surface area contributed by atoms with Gasteiger partial charge in [0.25, 0.3) is 0 Å². The van der Waals surface area contributed by atoms with Crippen LogP contribution < -0.4 is 0 Å². The van der Waals surface area contributed by atoms with Crippen molar-refractivity contribution in [3.63, 3.8) is 0 Å². The van der Waals surface area contributed by atoms with Crippen LogP contribution in [0.2, 0.25) is 0 Å². The number of thioether (sulfide) groups is 1. The summed E-state index contributed by atoms with van der Waals surface area (Å²) in [6.45, 7) is 0.886. The molecule has 0 saturated heterocycles. The van der Waals surface area contributed by atoms with Crippen molar-refractivity contribution in [1.29, 1.82) is 0 Å². The zero-order chi connectivity index (χ0) is 14.5. The van der Waals surface area contributed by atoms with E-state index in [9.17, 15) is 4.79 Å². The van der Waals surface area contributed by atoms with Gasteiger partial charge in [0.2, 0.25) is 5.78 Å². The first-order valence-corrected chi connectivity index (χ1v) is 7.57. The number of hydrogen-bond donors (Lipinski definition) is 1. The summed E-state index contributed by atoms with van der Waals surface area (Å²) in [5, 5.41) is 12.2. The van der Waals surface area contributed by atoms with E-state index in [4.69, 9.17) is 5.21 Å². The molecular formula is C13H18BrN2O2S+. The molecule has 0 radical (unpaired) electrons. The molecule has 1 aromatic rings. The van der Waals surface area contributed by atoms with Crippen LogP contribution in [0.25, 0.3) is 0 Å². The highest BCUT2D eigenvalue weighted by Gasteiger charge is 2.17. The van der Waals surface area contributed by atoms with Crippen LogP contribution in [0.1, 0.15) is 10.4 Å². The molecule has 0 fully saturated rings. The highest BCUT2D eigenvalue weighted by atomic mass is 79.9. The van der Waals surface area contributed by atoms with Gasteiger partial charge >= 0.3 is 0 Å². The van der Waals surface area contributed by atoms with E-state index in [0.29, 0.717) is 5.56 Å². The Kier molecular flexibility index (Phi) is 6.03. The van der Waals surface area contributed by atoms with Crippen LogP contribution in [-0.4, -0.2) is 54.0 Å². The Labute approximate surface area is 126 Å². The van der Waals surface area contributed by atoms with Crippen molar-refractivity contribution < 1.29 is 14.5 Å². The van der Waals surface area contributed by atoms with Gasteiger partial charge in [-0.3, -0.25) is 4.79 Å². The van der Waals surface area contributed by atoms with Gasteiger partial charge in [-0.2, -0.15) is 0 Å². The average molecular weight is 346 g/mol. The summed E-state index contributed by atoms with van der Waals surface area (Å²) in [6, 6.07) is 6.99. The second-order valence-corrected chi connectivity index (χ2v) is 7.10. The summed E-state index contributed by atoms with van der Waals surface area (Å²) in [6.07, 6.45) is 0. The van der Waals surface area contributed by atoms with Gasteiger partial charge in [0, 0.05) is 15.8 Å². The van der Waals surface area contributed by atoms with Crippen molar-refractivity contribution in [3.8, 4) is 0 Å². The number of halogens is 1. The van der Waals surface area contributed by atoms with Crippen molar-refractivity contribution in [1.82, 2.24) is 0 Å². The number of carbonyl (C=O) groups excluding carboxylic acids is 1. The maximum Gasteiger partial charge on any atom is 0.221 e. The van der Waals surface area contributed by atoms with Gasteiger partial charge in [0.1, 0.15) is 0 Å². The fraction of sp³-hybridized carbons (Fsp3) is 0.385. The maximum absolute atomic E-state index is 12.1. The van der Waals surface area contributed by atoms with Crippen LogP contribution in [0.4, 0.5) is 0 Å². The fourth-order valence-electron chi connectivity index (χ4n) is 1.28. The Balaban J connectivity index is 2.65. The minimum atomic E-state index is -0.249. The van der Waals surface area contributed by atoms with E-state index >= 15 is 0 Å². The lowest BCUT2D eigenvalue weighted by Crippen LogP contribution is -2.36. The van der Waals surface area contributed by atoms with Crippen molar-refractivity contribution in [2.75, 3.05) is 33.4 Å². The zero-order valence-electron chi connectivity index (χ0n) is 11.3. The number of quaternary nitrogens is 1. The van der Waals surface area contributed by atoms with Crippen molar-refractivity contribution in [2.45, 2.75) is 0 Å². The number of oxime groups is 1. The number of nitrogens with zero attached hydrogens (tertiary/aromatic N) is 2. The van der Waals surface area contributed by atoms with E-state index in [1.807, 2.05) is 0 Å². The number of Topliss-reactive ketones (excluding diaryl/α,β-unsaturated/α-hetero) is 1. The van der Waals surface area contributed by atoms with Gasteiger partial charge in [0.05, 0.1) is 27.7 Å². The van der Waals surface area contributed by atoms with Crippen LogP contribution in [0.5, 0.6) is 0 Å². The van der Waals surface area contributed by atoms with Gasteiger partial charge in [-0.1, -0.05) is 32.8 Å². The molecule has 0 bridgehead atoms. The van der Waals surface area contributed by atoms with Crippen LogP contribution in [0, 0.1) is 0 Å². The van der Waals surface area contributed by atoms with Crippen LogP contribution >= 0.6 is 27.7 Å². The van der Waals surface area contributed by atoms with E-state index in [0.717, 1.165) is 21.3 Å². The molecule has 0 amide bonds. The van der Waals surface area contributed by atoms with Crippen LogP contribution in [-0.2, 0) is 0 Å². The molecule has 6 heteroatoms. The zero-order valence-corrected chi connectivity index (χ0v) is 13.7. The Morgan fingerprint density at radius 1 is 1.32 bits per heavy atom. The highest BCUT2D eigenvalue weighted by molar-refractivity contribution is 9.10. The van der Waals surface area contributed by atoms with Crippen LogP contribution in [0.15, 0.2) is 33.9 Å². The summed E-state index contributed by atoms with van der Waals surface area (Å²) in [5.41, 5.74) is 0.522. The third-order valence-corrected chi connectivity index (χ3v) is 3.85. The Morgan fingerprint density at radius 2 is 1.89 bits per heavy atom. The molecule has 1 aromatic carbocycles. The van der Waals surface area contributed by atoms with Crippen molar-refractivity contribution >= 4 is 38.5 Å². The molecule has 0 aliphatic carbocycles. The molecular weight excluding hydrogens is 328 g/mol. The average Bonchev–Trinajstić information content (AvgIpc) is 2.33. The lowest BCUT2D eigenvalue weighted by Gasteiger charge is -2.23. The summed E-state index contributed by atoms with van der Waals surface area (Å²) < 4.78 is 1.71. The molecule has 0 aromatic heterocycles. The summed E-state index contributed by atoms with van der Waals surface area (Å²) >= 11 is 4.59. The topological polar surface area (TPSA) is 49.7 Å². The molecule has 0 spiro atoms. The molecule has 104 valence electrons. The van der Waals surface area contributed by atoms with Gasteiger partial charge in [-0.05, 0) is 24.3 Å². The lowest BCUT2D eigenvalue weighted by atomic mass is 10.1. The Hall–Kier alpha value is -0.850. The predicted octanol–water partition coefficient (Wildman–Crippen LogP) is 2.86. The molecule has 1 rings (SSSR count). The minimum absolute atomic E-state index is 0.135. The van der Waals surface area contributed by atoms with Gasteiger partial charge in [0.15, 0.2) is 5.04 Å². The molecule has 0 heterocycles. The normalized spacial score (nSPS) is 12.5. The summed E-state index contributed by atoms with van der Waals surface area (Å²) in [7, 11) is 6.23. The monoisotopic (exact) mass is 345 g/mol. The van der Waals surface area contributed by atoms with E-state index in [1.165, 1.54) is 11.8 Å². The first-order chi connectivity index (χ1) is 8.83. The Morgan fingerprint density at radius 3 is 2.37 bits per heavy atom. The highest BCUT2D eigenvalue weighted by Crippen LogP contribution is 2.15. The molecule has 0 unspecified atom stereocenters. The second kappa shape index (κ2) is 7.07. The quantitative estimate of drug-likeness (QED) is 0.223. The van der Waals surface area contributed by atoms with Gasteiger partial charge < -0.3 is 9.69 Å². The lowest BCUT2D eigenvalue weighted by molar-refractivity contribution is -0.867. The molecule has 0 aliphatic heterocycles. The number of hydrogen-bond acceptors (Lipinski definition) is 4. The number of rotatable bonds is 5. The van der Waals surface area contributed by atoms with Crippen LogP contribution in [0.3, 0.4) is 0 Å². The molecule has 4 nitrogen and oxygen atoms in total. The third kappa shape index (κ3) is 5.76. The molecule has 0 atom stereocenters. The molecule has 0 aliphatic rings. The summed E-state index contributed by atoms with van der Waals surface area (Å²) in [4.78, 5) is 12.1. The standard InChI is InChI=1S/C13H17BrN2O2S/c1-16(2,3)8-9-19-13(15-18)12(17)10-4-6-11(14)7-5-10/h4-7H,8-9H2,1-3H3/p+1. The van der Waals surface area contributed by atoms with E-state index in [1.54, 1.807) is 24.3 Å².